The van der Waals surface area contributed by atoms with Gasteiger partial charge in [0.1, 0.15) is 25.3 Å². The van der Waals surface area contributed by atoms with E-state index in [1.54, 1.807) is 24.3 Å². The normalized spacial score (nSPS) is 14.4. The number of carboxylic acids is 2. The summed E-state index contributed by atoms with van der Waals surface area (Å²) in [6.45, 7) is 1.07. The van der Waals surface area contributed by atoms with Crippen molar-refractivity contribution in [2.75, 3.05) is 0 Å². The average molecular weight is 587 g/mol. The van der Waals surface area contributed by atoms with Crippen molar-refractivity contribution in [3.8, 4) is 23.0 Å². The molecule has 4 aromatic rings. The lowest BCUT2D eigenvalue weighted by atomic mass is 9.94. The number of hydrogen-bond acceptors (Lipinski definition) is 8. The molecule has 1 aliphatic rings. The minimum absolute atomic E-state index is 0.0268. The summed E-state index contributed by atoms with van der Waals surface area (Å²) in [7, 11) is 0. The Balaban J connectivity index is 0.000000197. The van der Waals surface area contributed by atoms with Gasteiger partial charge in [0.25, 0.3) is 0 Å². The molecule has 43 heavy (non-hydrogen) atoms. The van der Waals surface area contributed by atoms with Crippen LogP contribution in [0.25, 0.3) is 0 Å². The predicted octanol–water partition coefficient (Wildman–Crippen LogP) is 4.00. The first kappa shape index (κ1) is 30.9. The maximum Gasteiger partial charge on any atom is 0.321 e. The molecule has 0 radical (unpaired) electrons. The molecule has 0 bridgehead atoms. The average Bonchev–Trinajstić information content (AvgIpc) is 3.01. The van der Waals surface area contributed by atoms with Crippen LogP contribution in [0, 0.1) is 0 Å². The van der Waals surface area contributed by atoms with E-state index in [4.69, 9.17) is 25.4 Å². The second-order valence-electron chi connectivity index (χ2n) is 9.99. The molecule has 0 saturated heterocycles. The maximum atomic E-state index is 11.2. The number of phenols is 2. The molecule has 4 aromatic carbocycles. The van der Waals surface area contributed by atoms with Crippen LogP contribution >= 0.6 is 0 Å². The van der Waals surface area contributed by atoms with Crippen LogP contribution in [-0.4, -0.2) is 44.4 Å². The zero-order valence-corrected chi connectivity index (χ0v) is 23.3. The van der Waals surface area contributed by atoms with Crippen molar-refractivity contribution in [3.05, 3.63) is 119 Å². The first-order valence-corrected chi connectivity index (χ1v) is 13.7. The molecular formula is C33H34N2O8. The third kappa shape index (κ3) is 8.48. The van der Waals surface area contributed by atoms with Gasteiger partial charge in [-0.2, -0.15) is 0 Å². The number of nitrogens with two attached hydrogens (primary N) is 1. The summed E-state index contributed by atoms with van der Waals surface area (Å²) in [6, 6.07) is 25.7. The fourth-order valence-electron chi connectivity index (χ4n) is 4.57. The molecule has 0 aromatic heterocycles. The van der Waals surface area contributed by atoms with Gasteiger partial charge in [-0.3, -0.25) is 9.59 Å². The van der Waals surface area contributed by atoms with Gasteiger partial charge in [0.2, 0.25) is 0 Å². The standard InChI is InChI=1S/C17H17NO4.C16H17NO4/c19-15-7-6-12-9-18-14(17(20)21)8-13(12)16(15)22-10-11-4-2-1-3-5-11;17-13(16(19)20)9-12-7-4-8-14(18)15(12)21-10-11-5-2-1-3-6-11/h1-7,14,18-19H,8-10H2,(H,20,21);1-8,13,18H,9-10,17H2,(H,19,20)/t14-;13-/m00/s1. The van der Waals surface area contributed by atoms with Crippen LogP contribution in [0.1, 0.15) is 27.8 Å². The van der Waals surface area contributed by atoms with E-state index in [-0.39, 0.29) is 30.3 Å². The van der Waals surface area contributed by atoms with E-state index in [2.05, 4.69) is 5.32 Å². The van der Waals surface area contributed by atoms with Crippen molar-refractivity contribution in [2.45, 2.75) is 44.7 Å². The van der Waals surface area contributed by atoms with Crippen molar-refractivity contribution >= 4 is 11.9 Å². The molecule has 224 valence electrons. The van der Waals surface area contributed by atoms with Crippen LogP contribution in [0.2, 0.25) is 0 Å². The number of carboxylic acid groups (broad SMARTS) is 2. The van der Waals surface area contributed by atoms with Gasteiger partial charge in [0.15, 0.2) is 23.0 Å². The lowest BCUT2D eigenvalue weighted by molar-refractivity contribution is -0.140. The maximum absolute atomic E-state index is 11.2. The Bertz CT molecular complexity index is 1530. The molecule has 2 atom stereocenters. The van der Waals surface area contributed by atoms with Gasteiger partial charge >= 0.3 is 11.9 Å². The first-order valence-electron chi connectivity index (χ1n) is 13.7. The number of ether oxygens (including phenoxy) is 2. The van der Waals surface area contributed by atoms with Gasteiger partial charge in [-0.1, -0.05) is 78.9 Å². The molecule has 5 rings (SSSR count). The fourth-order valence-corrected chi connectivity index (χ4v) is 4.57. The minimum atomic E-state index is -1.09. The van der Waals surface area contributed by atoms with Crippen LogP contribution in [0.3, 0.4) is 0 Å². The van der Waals surface area contributed by atoms with E-state index >= 15 is 0 Å². The van der Waals surface area contributed by atoms with Crippen LogP contribution in [-0.2, 0) is 42.2 Å². The molecule has 10 nitrogen and oxygen atoms in total. The number of carbonyl (C=O) groups is 2. The molecule has 0 saturated carbocycles. The molecule has 1 aliphatic heterocycles. The van der Waals surface area contributed by atoms with Crippen molar-refractivity contribution < 1.29 is 39.5 Å². The van der Waals surface area contributed by atoms with Gasteiger partial charge in [0.05, 0.1) is 0 Å². The van der Waals surface area contributed by atoms with Gasteiger partial charge in [-0.05, 0) is 28.8 Å². The van der Waals surface area contributed by atoms with Crippen molar-refractivity contribution in [1.29, 1.82) is 0 Å². The summed E-state index contributed by atoms with van der Waals surface area (Å²) in [5.41, 5.74) is 9.77. The van der Waals surface area contributed by atoms with Crippen LogP contribution < -0.4 is 20.5 Å². The lowest BCUT2D eigenvalue weighted by Crippen LogP contribution is -2.41. The van der Waals surface area contributed by atoms with E-state index in [9.17, 15) is 19.8 Å². The Morgan fingerprint density at radius 2 is 1.37 bits per heavy atom. The number of fused-ring (bicyclic) bond motifs is 1. The predicted molar refractivity (Wildman–Crippen MR) is 159 cm³/mol. The van der Waals surface area contributed by atoms with Gasteiger partial charge < -0.3 is 41.0 Å². The van der Waals surface area contributed by atoms with Crippen LogP contribution in [0.5, 0.6) is 23.0 Å². The largest absolute Gasteiger partial charge is 0.504 e. The Hall–Kier alpha value is -5.06. The zero-order valence-electron chi connectivity index (χ0n) is 23.3. The number of aromatic hydroxyl groups is 2. The minimum Gasteiger partial charge on any atom is -0.504 e. The molecule has 0 fully saturated rings. The quantitative estimate of drug-likeness (QED) is 0.160. The summed E-state index contributed by atoms with van der Waals surface area (Å²) in [4.78, 5) is 22.0. The van der Waals surface area contributed by atoms with E-state index in [0.717, 1.165) is 22.3 Å². The number of aliphatic carboxylic acids is 2. The van der Waals surface area contributed by atoms with E-state index < -0.39 is 24.0 Å². The Morgan fingerprint density at radius 1 is 0.791 bits per heavy atom. The number of nitrogens with one attached hydrogen (secondary N) is 1. The SMILES string of the molecule is N[C@@H](Cc1cccc(O)c1OCc1ccccc1)C(=O)O.O=C(O)[C@@H]1Cc2c(ccc(O)c2OCc2ccccc2)CN1. The highest BCUT2D eigenvalue weighted by molar-refractivity contribution is 5.75. The van der Waals surface area contributed by atoms with Crippen molar-refractivity contribution in [1.82, 2.24) is 5.32 Å². The highest BCUT2D eigenvalue weighted by atomic mass is 16.5. The van der Waals surface area contributed by atoms with E-state index in [1.807, 2.05) is 60.7 Å². The molecular weight excluding hydrogens is 552 g/mol. The number of para-hydroxylation sites is 1. The second-order valence-corrected chi connectivity index (χ2v) is 9.99. The van der Waals surface area contributed by atoms with Crippen LogP contribution in [0.4, 0.5) is 0 Å². The Morgan fingerprint density at radius 3 is 1.95 bits per heavy atom. The van der Waals surface area contributed by atoms with Crippen molar-refractivity contribution in [2.24, 2.45) is 5.73 Å². The summed E-state index contributed by atoms with van der Waals surface area (Å²) in [5.74, 6) is -1.32. The Kier molecular flexibility index (Phi) is 10.6. The lowest BCUT2D eigenvalue weighted by Gasteiger charge is -2.25. The molecule has 0 aliphatic carbocycles. The monoisotopic (exact) mass is 586 g/mol. The van der Waals surface area contributed by atoms with Crippen LogP contribution in [0.15, 0.2) is 91.0 Å². The Labute approximate surface area is 249 Å². The third-order valence-corrected chi connectivity index (χ3v) is 6.87. The van der Waals surface area contributed by atoms with Crippen molar-refractivity contribution in [3.63, 3.8) is 0 Å². The topological polar surface area (TPSA) is 172 Å². The molecule has 0 amide bonds. The summed E-state index contributed by atoms with van der Waals surface area (Å²) in [6.07, 6.45) is 0.386. The first-order chi connectivity index (χ1) is 20.7. The number of rotatable bonds is 10. The van der Waals surface area contributed by atoms with E-state index in [1.165, 1.54) is 6.07 Å². The number of phenolic OH excluding ortho intramolecular Hbond substituents is 2. The molecule has 10 heteroatoms. The van der Waals surface area contributed by atoms with E-state index in [0.29, 0.717) is 30.9 Å². The highest BCUT2D eigenvalue weighted by Crippen LogP contribution is 2.36. The third-order valence-electron chi connectivity index (χ3n) is 6.87. The zero-order chi connectivity index (χ0) is 30.8. The van der Waals surface area contributed by atoms with Gasteiger partial charge in [0, 0.05) is 30.5 Å². The number of benzene rings is 4. The van der Waals surface area contributed by atoms with Gasteiger partial charge in [-0.25, -0.2) is 0 Å². The van der Waals surface area contributed by atoms with Gasteiger partial charge in [-0.15, -0.1) is 0 Å². The number of hydrogen-bond donors (Lipinski definition) is 6. The summed E-state index contributed by atoms with van der Waals surface area (Å²) < 4.78 is 11.4. The molecule has 0 spiro atoms. The summed E-state index contributed by atoms with van der Waals surface area (Å²) in [5, 5.41) is 41.0. The highest BCUT2D eigenvalue weighted by Gasteiger charge is 2.27. The fraction of sp³-hybridized carbons (Fsp3) is 0.212. The molecule has 1 heterocycles. The smallest absolute Gasteiger partial charge is 0.321 e. The summed E-state index contributed by atoms with van der Waals surface area (Å²) >= 11 is 0. The molecule has 0 unspecified atom stereocenters. The molecule has 7 N–H and O–H groups in total. The second kappa shape index (κ2) is 14.7.